The van der Waals surface area contributed by atoms with Crippen molar-refractivity contribution in [2.45, 2.75) is 27.2 Å². The third kappa shape index (κ3) is 4.58. The van der Waals surface area contributed by atoms with E-state index in [1.54, 1.807) is 7.11 Å². The van der Waals surface area contributed by atoms with Gasteiger partial charge in [-0.25, -0.2) is 0 Å². The van der Waals surface area contributed by atoms with E-state index in [0.717, 1.165) is 33.5 Å². The fourth-order valence-electron chi connectivity index (χ4n) is 2.16. The van der Waals surface area contributed by atoms with E-state index in [4.69, 9.17) is 9.47 Å². The number of rotatable bonds is 6. The van der Waals surface area contributed by atoms with Crippen molar-refractivity contribution >= 4 is 27.8 Å². The Hall–Kier alpha value is -1.81. The number of nitrogens with zero attached hydrogens (tertiary/aromatic N) is 1. The van der Waals surface area contributed by atoms with Gasteiger partial charge in [0, 0.05) is 6.21 Å². The molecule has 0 saturated carbocycles. The summed E-state index contributed by atoms with van der Waals surface area (Å²) >= 11 is 3.55. The summed E-state index contributed by atoms with van der Waals surface area (Å²) in [4.78, 5) is 4.60. The Morgan fingerprint density at radius 2 is 1.96 bits per heavy atom. The SMILES string of the molecule is CCCOc1c(Br)cc(C=Nc2cc(C)ccc2C)cc1OC. The molecular weight excluding hydrogens is 354 g/mol. The van der Waals surface area contributed by atoms with Gasteiger partial charge in [-0.1, -0.05) is 19.1 Å². The molecule has 122 valence electrons. The van der Waals surface area contributed by atoms with Crippen LogP contribution in [0.1, 0.15) is 30.0 Å². The largest absolute Gasteiger partial charge is 0.493 e. The molecule has 0 N–H and O–H groups in total. The maximum absolute atomic E-state index is 5.74. The number of halogens is 1. The maximum atomic E-state index is 5.74. The number of hydrogen-bond acceptors (Lipinski definition) is 3. The first-order chi connectivity index (χ1) is 11.0. The number of aryl methyl sites for hydroxylation is 2. The summed E-state index contributed by atoms with van der Waals surface area (Å²) in [6.07, 6.45) is 2.80. The second-order valence-electron chi connectivity index (χ2n) is 5.43. The third-order valence-corrected chi connectivity index (χ3v) is 4.01. The number of benzene rings is 2. The van der Waals surface area contributed by atoms with Gasteiger partial charge in [0.25, 0.3) is 0 Å². The summed E-state index contributed by atoms with van der Waals surface area (Å²) in [7, 11) is 1.65. The molecule has 3 nitrogen and oxygen atoms in total. The fraction of sp³-hybridized carbons (Fsp3) is 0.316. The van der Waals surface area contributed by atoms with Crippen LogP contribution in [0.15, 0.2) is 39.8 Å². The van der Waals surface area contributed by atoms with Gasteiger partial charge >= 0.3 is 0 Å². The number of hydrogen-bond donors (Lipinski definition) is 0. The zero-order valence-electron chi connectivity index (χ0n) is 14.0. The Morgan fingerprint density at radius 3 is 2.65 bits per heavy atom. The first kappa shape index (κ1) is 17.5. The average molecular weight is 376 g/mol. The summed E-state index contributed by atoms with van der Waals surface area (Å²) in [6, 6.07) is 10.2. The third-order valence-electron chi connectivity index (χ3n) is 3.42. The molecule has 0 unspecified atom stereocenters. The topological polar surface area (TPSA) is 30.8 Å². The van der Waals surface area contributed by atoms with Crippen molar-refractivity contribution in [2.24, 2.45) is 4.99 Å². The molecule has 0 atom stereocenters. The predicted octanol–water partition coefficient (Wildman–Crippen LogP) is 5.61. The van der Waals surface area contributed by atoms with Gasteiger partial charge in [0.1, 0.15) is 0 Å². The molecule has 4 heteroatoms. The molecule has 2 aromatic carbocycles. The highest BCUT2D eigenvalue weighted by molar-refractivity contribution is 9.10. The van der Waals surface area contributed by atoms with Crippen LogP contribution < -0.4 is 9.47 Å². The van der Waals surface area contributed by atoms with Crippen molar-refractivity contribution in [1.82, 2.24) is 0 Å². The summed E-state index contributed by atoms with van der Waals surface area (Å²) in [6.45, 7) is 6.86. The van der Waals surface area contributed by atoms with Gasteiger partial charge in [0.15, 0.2) is 11.5 Å². The number of aliphatic imine (C=N–C) groups is 1. The molecule has 0 aliphatic carbocycles. The molecular formula is C19H22BrNO2. The van der Waals surface area contributed by atoms with Crippen molar-refractivity contribution < 1.29 is 9.47 Å². The van der Waals surface area contributed by atoms with E-state index in [2.05, 4.69) is 59.9 Å². The quantitative estimate of drug-likeness (QED) is 0.613. The van der Waals surface area contributed by atoms with Crippen LogP contribution >= 0.6 is 15.9 Å². The predicted molar refractivity (Wildman–Crippen MR) is 99.7 cm³/mol. The minimum absolute atomic E-state index is 0.658. The molecule has 0 bridgehead atoms. The van der Waals surface area contributed by atoms with E-state index in [1.165, 1.54) is 5.56 Å². The molecule has 0 amide bonds. The molecule has 0 radical (unpaired) electrons. The summed E-state index contributed by atoms with van der Waals surface area (Å²) in [5, 5.41) is 0. The molecule has 0 saturated heterocycles. The summed E-state index contributed by atoms with van der Waals surface area (Å²) in [5.41, 5.74) is 4.29. The lowest BCUT2D eigenvalue weighted by Gasteiger charge is -2.12. The van der Waals surface area contributed by atoms with Crippen molar-refractivity contribution in [3.8, 4) is 11.5 Å². The van der Waals surface area contributed by atoms with Gasteiger partial charge < -0.3 is 9.47 Å². The molecule has 0 fully saturated rings. The molecule has 23 heavy (non-hydrogen) atoms. The zero-order chi connectivity index (χ0) is 16.8. The van der Waals surface area contributed by atoms with Gasteiger partial charge in [0.2, 0.25) is 0 Å². The Bertz CT molecular complexity index is 711. The van der Waals surface area contributed by atoms with Crippen molar-refractivity contribution in [3.05, 3.63) is 51.5 Å². The molecule has 0 aromatic heterocycles. The van der Waals surface area contributed by atoms with Crippen molar-refractivity contribution in [3.63, 3.8) is 0 Å². The Labute approximate surface area is 146 Å². The number of ether oxygens (including phenoxy) is 2. The van der Waals surface area contributed by atoms with Gasteiger partial charge in [-0.15, -0.1) is 0 Å². The van der Waals surface area contributed by atoms with E-state index >= 15 is 0 Å². The highest BCUT2D eigenvalue weighted by Crippen LogP contribution is 2.36. The monoisotopic (exact) mass is 375 g/mol. The van der Waals surface area contributed by atoms with Gasteiger partial charge in [0.05, 0.1) is 23.9 Å². The van der Waals surface area contributed by atoms with Crippen LogP contribution in [-0.2, 0) is 0 Å². The van der Waals surface area contributed by atoms with Gasteiger partial charge in [-0.2, -0.15) is 0 Å². The molecule has 0 aliphatic heterocycles. The fourth-order valence-corrected chi connectivity index (χ4v) is 2.74. The van der Waals surface area contributed by atoms with Crippen LogP contribution in [0, 0.1) is 13.8 Å². The van der Waals surface area contributed by atoms with Crippen LogP contribution in [0.3, 0.4) is 0 Å². The Kier molecular flexibility index (Phi) is 6.22. The molecule has 0 heterocycles. The normalized spacial score (nSPS) is 11.0. The smallest absolute Gasteiger partial charge is 0.175 e. The highest BCUT2D eigenvalue weighted by atomic mass is 79.9. The minimum Gasteiger partial charge on any atom is -0.493 e. The lowest BCUT2D eigenvalue weighted by Crippen LogP contribution is -1.99. The molecule has 2 rings (SSSR count). The minimum atomic E-state index is 0.658. The van der Waals surface area contributed by atoms with E-state index in [1.807, 2.05) is 18.3 Å². The van der Waals surface area contributed by atoms with Crippen LogP contribution in [0.2, 0.25) is 0 Å². The zero-order valence-corrected chi connectivity index (χ0v) is 15.6. The van der Waals surface area contributed by atoms with E-state index in [0.29, 0.717) is 12.4 Å². The number of methoxy groups -OCH3 is 1. The van der Waals surface area contributed by atoms with Crippen LogP contribution in [0.4, 0.5) is 5.69 Å². The van der Waals surface area contributed by atoms with E-state index in [-0.39, 0.29) is 0 Å². The molecule has 2 aromatic rings. The first-order valence-corrected chi connectivity index (χ1v) is 8.46. The Balaban J connectivity index is 2.31. The standard InChI is InChI=1S/C19H22BrNO2/c1-5-8-23-19-16(20)10-15(11-18(19)22-4)12-21-17-9-13(2)6-7-14(17)3/h6-7,9-12H,5,8H2,1-4H3. The van der Waals surface area contributed by atoms with Crippen LogP contribution in [0.25, 0.3) is 0 Å². The first-order valence-electron chi connectivity index (χ1n) is 7.66. The van der Waals surface area contributed by atoms with E-state index < -0.39 is 0 Å². The second kappa shape index (κ2) is 8.16. The second-order valence-corrected chi connectivity index (χ2v) is 6.29. The molecule has 0 spiro atoms. The Morgan fingerprint density at radius 1 is 1.17 bits per heavy atom. The lowest BCUT2D eigenvalue weighted by atomic mass is 10.1. The molecule has 0 aliphatic rings. The van der Waals surface area contributed by atoms with Crippen LogP contribution in [0.5, 0.6) is 11.5 Å². The van der Waals surface area contributed by atoms with Gasteiger partial charge in [-0.3, -0.25) is 4.99 Å². The maximum Gasteiger partial charge on any atom is 0.175 e. The summed E-state index contributed by atoms with van der Waals surface area (Å²) < 4.78 is 12.1. The average Bonchev–Trinajstić information content (AvgIpc) is 2.54. The van der Waals surface area contributed by atoms with Crippen LogP contribution in [-0.4, -0.2) is 19.9 Å². The van der Waals surface area contributed by atoms with E-state index in [9.17, 15) is 0 Å². The summed E-state index contributed by atoms with van der Waals surface area (Å²) in [5.74, 6) is 1.44. The van der Waals surface area contributed by atoms with Gasteiger partial charge in [-0.05, 0) is 71.1 Å². The highest BCUT2D eigenvalue weighted by Gasteiger charge is 2.10. The van der Waals surface area contributed by atoms with Crippen molar-refractivity contribution in [2.75, 3.05) is 13.7 Å². The lowest BCUT2D eigenvalue weighted by molar-refractivity contribution is 0.292. The van der Waals surface area contributed by atoms with Crippen molar-refractivity contribution in [1.29, 1.82) is 0 Å².